The molecule has 4 unspecified atom stereocenters. The zero-order chi connectivity index (χ0) is 19.6. The first-order chi connectivity index (χ1) is 12.8. The second kappa shape index (κ2) is 8.15. The van der Waals surface area contributed by atoms with Crippen molar-refractivity contribution in [1.82, 2.24) is 10.2 Å². The average molecular weight is 378 g/mol. The smallest absolute Gasteiger partial charge is 0.410 e. The van der Waals surface area contributed by atoms with Gasteiger partial charge in [0.15, 0.2) is 0 Å². The minimum absolute atomic E-state index is 0.00654. The second-order valence-corrected chi connectivity index (χ2v) is 8.75. The lowest BCUT2D eigenvalue weighted by Crippen LogP contribution is -2.57. The van der Waals surface area contributed by atoms with Crippen LogP contribution in [-0.4, -0.2) is 53.0 Å². The molecule has 2 fully saturated rings. The largest absolute Gasteiger partial charge is 0.443 e. The van der Waals surface area contributed by atoms with Gasteiger partial charge in [0.05, 0.1) is 6.10 Å². The predicted octanol–water partition coefficient (Wildman–Crippen LogP) is 3.42. The van der Waals surface area contributed by atoms with E-state index in [2.05, 4.69) is 5.32 Å². The number of piperidine rings is 1. The lowest BCUT2D eigenvalue weighted by molar-refractivity contribution is -0.0196. The lowest BCUT2D eigenvalue weighted by atomic mass is 9.97. The van der Waals surface area contributed by atoms with Crippen molar-refractivity contribution in [3.63, 3.8) is 0 Å². The van der Waals surface area contributed by atoms with E-state index >= 15 is 0 Å². The molecule has 4 atom stereocenters. The number of halogens is 1. The van der Waals surface area contributed by atoms with Crippen molar-refractivity contribution in [2.75, 3.05) is 13.1 Å². The van der Waals surface area contributed by atoms with Crippen molar-refractivity contribution in [2.24, 2.45) is 0 Å². The summed E-state index contributed by atoms with van der Waals surface area (Å²) in [4.78, 5) is 14.8. The molecule has 27 heavy (non-hydrogen) atoms. The Hall–Kier alpha value is -1.66. The van der Waals surface area contributed by atoms with Crippen molar-refractivity contribution < 1.29 is 19.0 Å². The zero-order valence-corrected chi connectivity index (χ0v) is 16.5. The predicted molar refractivity (Wildman–Crippen MR) is 102 cm³/mol. The zero-order valence-electron chi connectivity index (χ0n) is 16.5. The third-order valence-electron chi connectivity index (χ3n) is 5.60. The number of carbonyl (C=O) groups excluding carboxylic acids is 1. The number of aliphatic hydroxyl groups excluding tert-OH is 1. The molecule has 2 N–H and O–H groups in total. The van der Waals surface area contributed by atoms with Crippen molar-refractivity contribution >= 4 is 6.09 Å². The number of aliphatic hydroxyl groups is 1. The lowest BCUT2D eigenvalue weighted by Gasteiger charge is -2.43. The van der Waals surface area contributed by atoms with E-state index in [1.54, 1.807) is 11.0 Å². The molecular formula is C21H31FN2O3. The summed E-state index contributed by atoms with van der Waals surface area (Å²) in [6.45, 7) is 7.74. The van der Waals surface area contributed by atoms with Gasteiger partial charge in [-0.15, -0.1) is 0 Å². The topological polar surface area (TPSA) is 61.8 Å². The summed E-state index contributed by atoms with van der Waals surface area (Å²) in [5.74, 6) is -0.293. The summed E-state index contributed by atoms with van der Waals surface area (Å²) < 4.78 is 19.3. The summed E-state index contributed by atoms with van der Waals surface area (Å²) in [5.41, 5.74) is 0.475. The molecule has 0 spiro atoms. The number of nitrogens with one attached hydrogen (secondary N) is 1. The molecule has 5 nitrogen and oxygen atoms in total. The fourth-order valence-corrected chi connectivity index (χ4v) is 4.35. The van der Waals surface area contributed by atoms with Gasteiger partial charge in [-0.05, 0) is 76.6 Å². The number of amides is 1. The second-order valence-electron chi connectivity index (χ2n) is 8.75. The quantitative estimate of drug-likeness (QED) is 0.846. The molecule has 1 aromatic carbocycles. The minimum atomic E-state index is -0.728. The Morgan fingerprint density at radius 3 is 2.74 bits per heavy atom. The molecule has 0 bridgehead atoms. The van der Waals surface area contributed by atoms with Gasteiger partial charge < -0.3 is 15.2 Å². The maximum Gasteiger partial charge on any atom is 0.410 e. The number of benzene rings is 1. The molecule has 1 saturated heterocycles. The van der Waals surface area contributed by atoms with Crippen LogP contribution >= 0.6 is 0 Å². The summed E-state index contributed by atoms with van der Waals surface area (Å²) in [6.07, 6.45) is 1.29. The first-order valence-electron chi connectivity index (χ1n) is 9.90. The summed E-state index contributed by atoms with van der Waals surface area (Å²) in [6, 6.07) is 6.53. The van der Waals surface area contributed by atoms with Gasteiger partial charge in [0, 0.05) is 18.1 Å². The van der Waals surface area contributed by atoms with E-state index < -0.39 is 12.2 Å². The van der Waals surface area contributed by atoms with Gasteiger partial charge in [-0.25, -0.2) is 9.18 Å². The Balaban J connectivity index is 1.68. The molecule has 6 heteroatoms. The highest BCUT2D eigenvalue weighted by atomic mass is 19.1. The highest BCUT2D eigenvalue weighted by molar-refractivity contribution is 5.69. The number of hydrogen-bond acceptors (Lipinski definition) is 4. The first kappa shape index (κ1) is 20.1. The molecule has 1 saturated carbocycles. The molecule has 0 radical (unpaired) electrons. The molecule has 1 aromatic rings. The van der Waals surface area contributed by atoms with E-state index in [0.717, 1.165) is 31.5 Å². The van der Waals surface area contributed by atoms with Gasteiger partial charge in [0.25, 0.3) is 0 Å². The highest BCUT2D eigenvalue weighted by Crippen LogP contribution is 2.37. The molecule has 1 heterocycles. The van der Waals surface area contributed by atoms with Crippen molar-refractivity contribution in [3.8, 4) is 0 Å². The summed E-state index contributed by atoms with van der Waals surface area (Å²) in [5, 5.41) is 13.8. The molecule has 2 aliphatic rings. The Morgan fingerprint density at radius 1 is 1.33 bits per heavy atom. The van der Waals surface area contributed by atoms with Crippen LogP contribution in [-0.2, 0) is 4.74 Å². The summed E-state index contributed by atoms with van der Waals surface area (Å²) in [7, 11) is 0. The number of hydrogen-bond donors (Lipinski definition) is 2. The third kappa shape index (κ3) is 4.79. The van der Waals surface area contributed by atoms with Crippen LogP contribution in [0.25, 0.3) is 0 Å². The SMILES string of the molecule is CC(C)(C)N(C(=O)OC1CC(c2cccc(F)c2)CC1O)C1CCCNC1. The molecule has 150 valence electrons. The summed E-state index contributed by atoms with van der Waals surface area (Å²) >= 11 is 0. The van der Waals surface area contributed by atoms with Gasteiger partial charge in [-0.3, -0.25) is 4.90 Å². The van der Waals surface area contributed by atoms with Crippen molar-refractivity contribution in [1.29, 1.82) is 0 Å². The van der Waals surface area contributed by atoms with Gasteiger partial charge >= 0.3 is 6.09 Å². The number of carbonyl (C=O) groups is 1. The van der Waals surface area contributed by atoms with Crippen molar-refractivity contribution in [2.45, 2.75) is 76.2 Å². The minimum Gasteiger partial charge on any atom is -0.443 e. The number of ether oxygens (including phenoxy) is 1. The van der Waals surface area contributed by atoms with Crippen LogP contribution in [0.5, 0.6) is 0 Å². The Labute approximate surface area is 160 Å². The van der Waals surface area contributed by atoms with E-state index in [-0.39, 0.29) is 29.4 Å². The van der Waals surface area contributed by atoms with E-state index in [1.165, 1.54) is 12.1 Å². The Morgan fingerprint density at radius 2 is 2.11 bits per heavy atom. The molecular weight excluding hydrogens is 347 g/mol. The maximum atomic E-state index is 13.5. The van der Waals surface area contributed by atoms with E-state index in [0.29, 0.717) is 12.8 Å². The van der Waals surface area contributed by atoms with E-state index in [1.807, 2.05) is 26.8 Å². The van der Waals surface area contributed by atoms with Crippen LogP contribution in [0.15, 0.2) is 24.3 Å². The van der Waals surface area contributed by atoms with Crippen molar-refractivity contribution in [3.05, 3.63) is 35.6 Å². The van der Waals surface area contributed by atoms with Gasteiger partial charge in [-0.1, -0.05) is 12.1 Å². The standard InChI is InChI=1S/C21H31FN2O3/c1-21(2,3)24(17-8-5-9-23-13-17)20(26)27-19-12-15(11-18(19)25)14-6-4-7-16(22)10-14/h4,6-7,10,15,17-19,23,25H,5,8-9,11-13H2,1-3H3. The maximum absolute atomic E-state index is 13.5. The third-order valence-corrected chi connectivity index (χ3v) is 5.60. The van der Waals surface area contributed by atoms with Crippen LogP contribution in [0.3, 0.4) is 0 Å². The molecule has 1 aliphatic carbocycles. The van der Waals surface area contributed by atoms with E-state index in [9.17, 15) is 14.3 Å². The van der Waals surface area contributed by atoms with Gasteiger partial charge in [-0.2, -0.15) is 0 Å². The first-order valence-corrected chi connectivity index (χ1v) is 9.90. The molecule has 1 amide bonds. The molecule has 3 rings (SSSR count). The monoisotopic (exact) mass is 378 g/mol. The Kier molecular flexibility index (Phi) is 6.06. The fraction of sp³-hybridized carbons (Fsp3) is 0.667. The average Bonchev–Trinajstić information content (AvgIpc) is 2.95. The van der Waals surface area contributed by atoms with Crippen LogP contribution in [0.4, 0.5) is 9.18 Å². The number of rotatable bonds is 3. The normalized spacial score (nSPS) is 28.8. The van der Waals surface area contributed by atoms with Crippen LogP contribution in [0.2, 0.25) is 0 Å². The highest BCUT2D eigenvalue weighted by Gasteiger charge is 2.41. The number of nitrogens with zero attached hydrogens (tertiary/aromatic N) is 1. The molecule has 1 aliphatic heterocycles. The van der Waals surface area contributed by atoms with Gasteiger partial charge in [0.1, 0.15) is 11.9 Å². The van der Waals surface area contributed by atoms with Crippen LogP contribution in [0, 0.1) is 5.82 Å². The van der Waals surface area contributed by atoms with Gasteiger partial charge in [0.2, 0.25) is 0 Å². The van der Waals surface area contributed by atoms with Crippen LogP contribution in [0.1, 0.15) is 57.9 Å². The fourth-order valence-electron chi connectivity index (χ4n) is 4.35. The van der Waals surface area contributed by atoms with Crippen LogP contribution < -0.4 is 5.32 Å². The van der Waals surface area contributed by atoms with E-state index in [4.69, 9.17) is 4.74 Å². The molecule has 0 aromatic heterocycles. The Bertz CT molecular complexity index is 655.